The van der Waals surface area contributed by atoms with Crippen LogP contribution in [0.5, 0.6) is 0 Å². The summed E-state index contributed by atoms with van der Waals surface area (Å²) in [5, 5.41) is 8.04. The summed E-state index contributed by atoms with van der Waals surface area (Å²) in [5.41, 5.74) is 1.89. The number of nitrogens with zero attached hydrogens (tertiary/aromatic N) is 6. The van der Waals surface area contributed by atoms with E-state index in [1.54, 1.807) is 25.2 Å². The van der Waals surface area contributed by atoms with Gasteiger partial charge >= 0.3 is 0 Å². The topological polar surface area (TPSA) is 89.4 Å². The maximum absolute atomic E-state index is 12.7. The molecule has 4 rings (SSSR count). The van der Waals surface area contributed by atoms with Crippen molar-refractivity contribution in [1.82, 2.24) is 29.6 Å². The van der Waals surface area contributed by atoms with Crippen LogP contribution in [0.15, 0.2) is 59.4 Å². The van der Waals surface area contributed by atoms with Crippen LogP contribution in [0, 0.1) is 0 Å². The van der Waals surface area contributed by atoms with E-state index in [4.69, 9.17) is 4.52 Å². The first-order valence-corrected chi connectivity index (χ1v) is 7.64. The minimum Gasteiger partial charge on any atom is -0.337 e. The molecule has 124 valence electrons. The third-order valence-corrected chi connectivity index (χ3v) is 3.74. The lowest BCUT2D eigenvalue weighted by Gasteiger charge is -2.15. The highest BCUT2D eigenvalue weighted by Gasteiger charge is 2.19. The zero-order chi connectivity index (χ0) is 17.2. The molecule has 0 spiro atoms. The van der Waals surface area contributed by atoms with Crippen molar-refractivity contribution in [3.63, 3.8) is 0 Å². The summed E-state index contributed by atoms with van der Waals surface area (Å²) in [5.74, 6) is 0.644. The number of pyridine rings is 1. The van der Waals surface area contributed by atoms with Crippen molar-refractivity contribution < 1.29 is 9.32 Å². The fourth-order valence-corrected chi connectivity index (χ4v) is 2.50. The van der Waals surface area contributed by atoms with Crippen LogP contribution in [0.1, 0.15) is 16.4 Å². The van der Waals surface area contributed by atoms with Crippen molar-refractivity contribution in [2.24, 2.45) is 0 Å². The smallest absolute Gasteiger partial charge is 0.272 e. The number of hydrogen-bond donors (Lipinski definition) is 0. The molecular weight excluding hydrogens is 320 g/mol. The molecule has 25 heavy (non-hydrogen) atoms. The molecule has 0 bridgehead atoms. The molecule has 1 aromatic carbocycles. The first-order chi connectivity index (χ1) is 12.2. The number of fused-ring (bicyclic) bond motifs is 1. The standard InChI is InChI=1S/C17H14N6O2/c1-22(17(24)13-8-5-9-14-18-11-19-23(13)14)10-15-20-16(21-25-15)12-6-3-2-4-7-12/h2-9,11H,10H2,1H3. The van der Waals surface area contributed by atoms with Gasteiger partial charge in [0.2, 0.25) is 11.7 Å². The molecule has 0 unspecified atom stereocenters. The summed E-state index contributed by atoms with van der Waals surface area (Å²) in [7, 11) is 1.67. The van der Waals surface area contributed by atoms with Crippen LogP contribution in [0.4, 0.5) is 0 Å². The highest BCUT2D eigenvalue weighted by atomic mass is 16.5. The lowest BCUT2D eigenvalue weighted by atomic mass is 10.2. The van der Waals surface area contributed by atoms with Gasteiger partial charge in [-0.05, 0) is 12.1 Å². The second kappa shape index (κ2) is 6.16. The number of carbonyl (C=O) groups is 1. The Kier molecular flexibility index (Phi) is 3.70. The van der Waals surface area contributed by atoms with Gasteiger partial charge in [-0.25, -0.2) is 9.50 Å². The predicted octanol–water partition coefficient (Wildman–Crippen LogP) is 2.05. The minimum atomic E-state index is -0.212. The fraction of sp³-hybridized carbons (Fsp3) is 0.118. The van der Waals surface area contributed by atoms with Crippen molar-refractivity contribution in [2.75, 3.05) is 7.05 Å². The molecule has 8 nitrogen and oxygen atoms in total. The van der Waals surface area contributed by atoms with Crippen LogP contribution in [-0.4, -0.2) is 42.6 Å². The Labute approximate surface area is 142 Å². The van der Waals surface area contributed by atoms with E-state index in [2.05, 4.69) is 20.2 Å². The quantitative estimate of drug-likeness (QED) is 0.567. The van der Waals surface area contributed by atoms with Gasteiger partial charge in [0.15, 0.2) is 5.65 Å². The lowest BCUT2D eigenvalue weighted by Crippen LogP contribution is -2.28. The Hall–Kier alpha value is -3.55. The van der Waals surface area contributed by atoms with E-state index in [1.807, 2.05) is 30.3 Å². The zero-order valence-electron chi connectivity index (χ0n) is 13.4. The van der Waals surface area contributed by atoms with Gasteiger partial charge in [-0.15, -0.1) is 0 Å². The molecule has 3 aromatic heterocycles. The van der Waals surface area contributed by atoms with Crippen LogP contribution < -0.4 is 0 Å². The Balaban J connectivity index is 1.54. The fourth-order valence-electron chi connectivity index (χ4n) is 2.50. The minimum absolute atomic E-state index is 0.198. The van der Waals surface area contributed by atoms with E-state index in [-0.39, 0.29) is 12.5 Å². The van der Waals surface area contributed by atoms with Gasteiger partial charge in [0, 0.05) is 12.6 Å². The van der Waals surface area contributed by atoms with Crippen LogP contribution in [0.3, 0.4) is 0 Å². The van der Waals surface area contributed by atoms with Crippen molar-refractivity contribution in [3.8, 4) is 11.4 Å². The summed E-state index contributed by atoms with van der Waals surface area (Å²) in [6.45, 7) is 0.198. The Bertz CT molecular complexity index is 1020. The van der Waals surface area contributed by atoms with Gasteiger partial charge in [-0.2, -0.15) is 10.1 Å². The number of aromatic nitrogens is 5. The summed E-state index contributed by atoms with van der Waals surface area (Å²) in [4.78, 5) is 22.6. The second-order valence-corrected chi connectivity index (χ2v) is 5.48. The first-order valence-electron chi connectivity index (χ1n) is 7.64. The highest BCUT2D eigenvalue weighted by molar-refractivity contribution is 5.92. The number of hydrogen-bond acceptors (Lipinski definition) is 6. The molecule has 0 saturated carbocycles. The molecule has 4 aromatic rings. The third-order valence-electron chi connectivity index (χ3n) is 3.74. The third kappa shape index (κ3) is 2.85. The summed E-state index contributed by atoms with van der Waals surface area (Å²) in [6.07, 6.45) is 1.41. The van der Waals surface area contributed by atoms with Gasteiger partial charge in [0.05, 0.1) is 0 Å². The summed E-state index contributed by atoms with van der Waals surface area (Å²) >= 11 is 0. The van der Waals surface area contributed by atoms with E-state index >= 15 is 0 Å². The van der Waals surface area contributed by atoms with E-state index in [1.165, 1.54) is 15.7 Å². The zero-order valence-corrected chi connectivity index (χ0v) is 13.4. The molecular formula is C17H14N6O2. The van der Waals surface area contributed by atoms with E-state index in [9.17, 15) is 4.79 Å². The maximum atomic E-state index is 12.7. The van der Waals surface area contributed by atoms with Crippen molar-refractivity contribution in [1.29, 1.82) is 0 Å². The van der Waals surface area contributed by atoms with Crippen molar-refractivity contribution in [3.05, 3.63) is 66.4 Å². The molecule has 1 amide bonds. The van der Waals surface area contributed by atoms with E-state index < -0.39 is 0 Å². The summed E-state index contributed by atoms with van der Waals surface area (Å²) < 4.78 is 6.76. The van der Waals surface area contributed by atoms with Crippen LogP contribution in [0.2, 0.25) is 0 Å². The number of benzene rings is 1. The molecule has 0 aliphatic rings. The van der Waals surface area contributed by atoms with Gasteiger partial charge < -0.3 is 9.42 Å². The monoisotopic (exact) mass is 334 g/mol. The van der Waals surface area contributed by atoms with E-state index in [0.717, 1.165) is 5.56 Å². The number of carbonyl (C=O) groups excluding carboxylic acids is 1. The van der Waals surface area contributed by atoms with Crippen LogP contribution in [-0.2, 0) is 6.54 Å². The van der Waals surface area contributed by atoms with Crippen LogP contribution in [0.25, 0.3) is 17.0 Å². The lowest BCUT2D eigenvalue weighted by molar-refractivity contribution is 0.0761. The van der Waals surface area contributed by atoms with Crippen molar-refractivity contribution in [2.45, 2.75) is 6.54 Å². The molecule has 3 heterocycles. The van der Waals surface area contributed by atoms with Crippen molar-refractivity contribution >= 4 is 11.6 Å². The first kappa shape index (κ1) is 15.0. The Morgan fingerprint density at radius 1 is 1.16 bits per heavy atom. The number of amides is 1. The van der Waals surface area contributed by atoms with Gasteiger partial charge in [0.25, 0.3) is 5.91 Å². The Morgan fingerprint density at radius 2 is 2.00 bits per heavy atom. The highest BCUT2D eigenvalue weighted by Crippen LogP contribution is 2.16. The molecule has 0 saturated heterocycles. The normalized spacial score (nSPS) is 10.9. The van der Waals surface area contributed by atoms with Gasteiger partial charge in [0.1, 0.15) is 18.6 Å². The van der Waals surface area contributed by atoms with Gasteiger partial charge in [-0.3, -0.25) is 4.79 Å². The predicted molar refractivity (Wildman–Crippen MR) is 88.5 cm³/mol. The van der Waals surface area contributed by atoms with Crippen LogP contribution >= 0.6 is 0 Å². The molecule has 0 atom stereocenters. The molecule has 0 N–H and O–H groups in total. The average Bonchev–Trinajstić information content (AvgIpc) is 3.30. The maximum Gasteiger partial charge on any atom is 0.272 e. The molecule has 8 heteroatoms. The summed E-state index contributed by atoms with van der Waals surface area (Å²) in [6, 6.07) is 14.8. The molecule has 0 fully saturated rings. The van der Waals surface area contributed by atoms with Gasteiger partial charge in [-0.1, -0.05) is 41.6 Å². The molecule has 0 aliphatic carbocycles. The van der Waals surface area contributed by atoms with E-state index in [0.29, 0.717) is 23.1 Å². The molecule has 0 radical (unpaired) electrons. The largest absolute Gasteiger partial charge is 0.337 e. The Morgan fingerprint density at radius 3 is 2.84 bits per heavy atom. The SMILES string of the molecule is CN(Cc1nc(-c2ccccc2)no1)C(=O)c1cccc2ncnn12. The number of rotatable bonds is 4. The average molecular weight is 334 g/mol. The molecule has 0 aliphatic heterocycles. The second-order valence-electron chi connectivity index (χ2n) is 5.48.